The molecule has 17 heteroatoms. The quantitative estimate of drug-likeness (QED) is 0.682. The van der Waals surface area contributed by atoms with Crippen LogP contribution in [0.15, 0.2) is 0 Å². The Hall–Kier alpha value is -0.840. The fourth-order valence-corrected chi connectivity index (χ4v) is 3.57. The Morgan fingerprint density at radius 3 is 0.909 bits per heavy atom. The van der Waals surface area contributed by atoms with Gasteiger partial charge < -0.3 is 0 Å². The summed E-state index contributed by atoms with van der Waals surface area (Å²) >= 11 is 0. The molecule has 0 aliphatic rings. The van der Waals surface area contributed by atoms with E-state index in [1.165, 1.54) is 0 Å². The van der Waals surface area contributed by atoms with Gasteiger partial charge in [0.05, 0.1) is 0 Å². The fraction of sp³-hybridized carbons (Fsp3) is 1.00. The highest BCUT2D eigenvalue weighted by molar-refractivity contribution is 8.05. The number of nitrogens with zero attached hydrogens (tertiary/aromatic N) is 1. The second-order valence-electron chi connectivity index (χ2n) is 3.42. The van der Waals surface area contributed by atoms with Gasteiger partial charge in [-0.3, -0.25) is 0 Å². The molecule has 0 aliphatic heterocycles. The molecule has 134 valence electrons. The van der Waals surface area contributed by atoms with Crippen molar-refractivity contribution in [2.45, 2.75) is 22.9 Å². The van der Waals surface area contributed by atoms with Gasteiger partial charge in [-0.1, -0.05) is 3.71 Å². The van der Waals surface area contributed by atoms with Crippen LogP contribution in [-0.4, -0.2) is 50.5 Å². The molecule has 0 rings (SSSR count). The molecule has 0 N–H and O–H groups in total. The van der Waals surface area contributed by atoms with Gasteiger partial charge in [0.2, 0.25) is 0 Å². The maximum Gasteiger partial charge on any atom is 0.471 e. The second kappa shape index (κ2) is 5.08. The zero-order valence-corrected chi connectivity index (χ0v) is 11.3. The minimum absolute atomic E-state index is 0.816. The number of rotatable bonds is 4. The van der Waals surface area contributed by atoms with E-state index < -0.39 is 53.7 Å². The largest absolute Gasteiger partial charge is 0.471 e. The van der Waals surface area contributed by atoms with Crippen LogP contribution in [0, 0.1) is 0 Å². The first kappa shape index (κ1) is 21.2. The van der Waals surface area contributed by atoms with Crippen molar-refractivity contribution in [1.29, 1.82) is 0 Å². The summed E-state index contributed by atoms with van der Waals surface area (Å²) in [6.07, 6.45) is -13.9. The summed E-state index contributed by atoms with van der Waals surface area (Å²) < 4.78 is 162. The van der Waals surface area contributed by atoms with Gasteiger partial charge in [-0.15, -0.1) is 0 Å². The van der Waals surface area contributed by atoms with Gasteiger partial charge in [-0.25, -0.2) is 16.8 Å². The van der Waals surface area contributed by atoms with Crippen LogP contribution in [0.1, 0.15) is 0 Å². The Bertz CT molecular complexity index is 573. The van der Waals surface area contributed by atoms with E-state index in [-0.39, 0.29) is 0 Å². The highest BCUT2D eigenvalue weighted by atomic mass is 32.3. The van der Waals surface area contributed by atoms with Crippen LogP contribution in [-0.2, 0) is 20.0 Å². The summed E-state index contributed by atoms with van der Waals surface area (Å²) in [5.41, 5.74) is 0. The SMILES string of the molecule is CN(S(=O)(=O)C(F)(F)C(F)(F)F)S(=O)(=O)C(F)(F)C(F)(F)F. The number of sulfonamides is 2. The van der Waals surface area contributed by atoms with Gasteiger partial charge in [-0.05, 0) is 0 Å². The van der Waals surface area contributed by atoms with Crippen molar-refractivity contribution in [2.75, 3.05) is 7.05 Å². The van der Waals surface area contributed by atoms with E-state index in [0.717, 1.165) is 0 Å². The van der Waals surface area contributed by atoms with E-state index in [9.17, 15) is 60.7 Å². The highest BCUT2D eigenvalue weighted by Crippen LogP contribution is 2.46. The molecule has 0 aromatic heterocycles. The predicted octanol–water partition coefficient (Wildman–Crippen LogP) is 1.89. The number of hydrogen-bond donors (Lipinski definition) is 0. The van der Waals surface area contributed by atoms with E-state index in [2.05, 4.69) is 0 Å². The summed E-state index contributed by atoms with van der Waals surface area (Å²) in [6.45, 7) is 0. The lowest BCUT2D eigenvalue weighted by atomic mass is 10.7. The first-order valence-corrected chi connectivity index (χ1v) is 7.16. The van der Waals surface area contributed by atoms with Crippen molar-refractivity contribution in [2.24, 2.45) is 0 Å². The molecule has 0 spiro atoms. The maximum atomic E-state index is 12.6. The Balaban J connectivity index is 6.27. The van der Waals surface area contributed by atoms with E-state index in [4.69, 9.17) is 0 Å². The summed E-state index contributed by atoms with van der Waals surface area (Å²) in [6, 6.07) is 0. The molecular formula is C5H3F10NO4S2. The van der Waals surface area contributed by atoms with Crippen molar-refractivity contribution in [3.63, 3.8) is 0 Å². The van der Waals surface area contributed by atoms with Crippen LogP contribution in [0.3, 0.4) is 0 Å². The number of halogens is 10. The van der Waals surface area contributed by atoms with Gasteiger partial charge in [-0.2, -0.15) is 43.9 Å². The number of hydrogen-bond acceptors (Lipinski definition) is 4. The minimum atomic E-state index is -7.49. The Morgan fingerprint density at radius 1 is 0.591 bits per heavy atom. The van der Waals surface area contributed by atoms with Crippen LogP contribution >= 0.6 is 0 Å². The van der Waals surface area contributed by atoms with E-state index in [0.29, 0.717) is 0 Å². The van der Waals surface area contributed by atoms with Crippen molar-refractivity contribution in [1.82, 2.24) is 3.71 Å². The molecule has 5 nitrogen and oxygen atoms in total. The fourth-order valence-electron chi connectivity index (χ4n) is 0.745. The first-order valence-electron chi connectivity index (χ1n) is 4.28. The molecular weight excluding hydrogens is 392 g/mol. The van der Waals surface area contributed by atoms with Crippen LogP contribution in [0.5, 0.6) is 0 Å². The average Bonchev–Trinajstić information content (AvgIpc) is 2.24. The van der Waals surface area contributed by atoms with E-state index in [1.807, 2.05) is 0 Å². The van der Waals surface area contributed by atoms with Gasteiger partial charge in [0.25, 0.3) is 0 Å². The topological polar surface area (TPSA) is 71.5 Å². The third-order valence-corrected chi connectivity index (χ3v) is 6.28. The van der Waals surface area contributed by atoms with Gasteiger partial charge in [0.15, 0.2) is 0 Å². The summed E-state index contributed by atoms with van der Waals surface area (Å²) in [7, 11) is -15.8. The molecule has 0 unspecified atom stereocenters. The molecule has 0 bridgehead atoms. The van der Waals surface area contributed by atoms with Crippen LogP contribution in [0.25, 0.3) is 0 Å². The normalized spacial score (nSPS) is 16.2. The smallest absolute Gasteiger partial charge is 0.204 e. The highest BCUT2D eigenvalue weighted by Gasteiger charge is 2.75. The van der Waals surface area contributed by atoms with Crippen molar-refractivity contribution in [3.8, 4) is 0 Å². The molecule has 0 aliphatic carbocycles. The standard InChI is InChI=1S/C5H3F10NO4S2/c1-16(21(17,18)4(12,13)2(6,7)8)22(19,20)5(14,15)3(9,10)11/h1H3. The lowest BCUT2D eigenvalue weighted by Crippen LogP contribution is -2.57. The van der Waals surface area contributed by atoms with Gasteiger partial charge >= 0.3 is 42.9 Å². The molecule has 0 saturated heterocycles. The molecule has 0 saturated carbocycles. The Labute approximate surface area is 115 Å². The van der Waals surface area contributed by atoms with Crippen LogP contribution < -0.4 is 0 Å². The van der Waals surface area contributed by atoms with Crippen molar-refractivity contribution >= 4 is 20.0 Å². The lowest BCUT2D eigenvalue weighted by Gasteiger charge is -2.28. The van der Waals surface area contributed by atoms with Gasteiger partial charge in [0.1, 0.15) is 0 Å². The minimum Gasteiger partial charge on any atom is -0.204 e. The Morgan fingerprint density at radius 2 is 0.773 bits per heavy atom. The molecule has 22 heavy (non-hydrogen) atoms. The summed E-state index contributed by atoms with van der Waals surface area (Å²) in [5.74, 6) is 0. The molecule has 0 radical (unpaired) electrons. The maximum absolute atomic E-state index is 12.6. The predicted molar refractivity (Wildman–Crippen MR) is 47.6 cm³/mol. The monoisotopic (exact) mass is 395 g/mol. The molecule has 0 atom stereocenters. The first-order chi connectivity index (χ1) is 9.15. The van der Waals surface area contributed by atoms with Crippen LogP contribution in [0.2, 0.25) is 0 Å². The lowest BCUT2D eigenvalue weighted by molar-refractivity contribution is -0.244. The molecule has 0 aromatic carbocycles. The van der Waals surface area contributed by atoms with Crippen molar-refractivity contribution < 1.29 is 60.7 Å². The van der Waals surface area contributed by atoms with E-state index >= 15 is 0 Å². The number of alkyl halides is 10. The van der Waals surface area contributed by atoms with Crippen LogP contribution in [0.4, 0.5) is 43.9 Å². The van der Waals surface area contributed by atoms with Gasteiger partial charge in [0, 0.05) is 7.05 Å². The van der Waals surface area contributed by atoms with Crippen molar-refractivity contribution in [3.05, 3.63) is 0 Å². The third-order valence-electron chi connectivity index (χ3n) is 1.98. The van der Waals surface area contributed by atoms with E-state index in [1.54, 1.807) is 0 Å². The second-order valence-corrected chi connectivity index (χ2v) is 7.67. The summed E-state index contributed by atoms with van der Waals surface area (Å²) in [5, 5.41) is -13.9. The average molecular weight is 395 g/mol. The molecule has 0 heterocycles. The molecule has 0 fully saturated rings. The molecule has 0 aromatic rings. The Kier molecular flexibility index (Phi) is 4.89. The summed E-state index contributed by atoms with van der Waals surface area (Å²) in [4.78, 5) is 0. The zero-order chi connectivity index (χ0) is 18.6. The molecule has 0 amide bonds. The third kappa shape index (κ3) is 2.84. The zero-order valence-electron chi connectivity index (χ0n) is 9.68.